The molecule has 8 aromatic rings. The minimum absolute atomic E-state index is 0.0765. The first-order chi connectivity index (χ1) is 26.2. The molecule has 5 aliphatic carbocycles. The number of furan rings is 1. The molecular formula is C49H37N3O. The lowest BCUT2D eigenvalue weighted by atomic mass is 9.43. The van der Waals surface area contributed by atoms with Crippen LogP contribution in [0.25, 0.3) is 78.4 Å². The smallest absolute Gasteiger partial charge is 0.164 e. The molecule has 4 nitrogen and oxygen atoms in total. The molecule has 4 fully saturated rings. The van der Waals surface area contributed by atoms with E-state index in [-0.39, 0.29) is 5.41 Å². The van der Waals surface area contributed by atoms with Crippen LogP contribution in [0.4, 0.5) is 0 Å². The first-order valence-corrected chi connectivity index (χ1v) is 19.3. The number of aromatic nitrogens is 3. The summed E-state index contributed by atoms with van der Waals surface area (Å²) >= 11 is 0. The van der Waals surface area contributed by atoms with Gasteiger partial charge in [0.1, 0.15) is 11.2 Å². The minimum Gasteiger partial charge on any atom is -0.456 e. The molecule has 254 valence electrons. The van der Waals surface area contributed by atoms with Gasteiger partial charge in [-0.05, 0) is 102 Å². The van der Waals surface area contributed by atoms with E-state index in [1.807, 2.05) is 6.07 Å². The Morgan fingerprint density at radius 2 is 0.981 bits per heavy atom. The van der Waals surface area contributed by atoms with E-state index < -0.39 is 0 Å². The lowest BCUT2D eigenvalue weighted by Gasteiger charge is -2.61. The first-order valence-electron chi connectivity index (χ1n) is 19.3. The normalized spacial score (nSPS) is 23.5. The molecule has 0 N–H and O–H groups in total. The fourth-order valence-corrected chi connectivity index (χ4v) is 11.4. The van der Waals surface area contributed by atoms with Gasteiger partial charge in [0.2, 0.25) is 0 Å². The van der Waals surface area contributed by atoms with E-state index in [2.05, 4.69) is 133 Å². The van der Waals surface area contributed by atoms with Gasteiger partial charge < -0.3 is 4.42 Å². The van der Waals surface area contributed by atoms with Gasteiger partial charge in [-0.1, -0.05) is 121 Å². The monoisotopic (exact) mass is 683 g/mol. The van der Waals surface area contributed by atoms with Crippen LogP contribution in [0.1, 0.15) is 43.2 Å². The third-order valence-electron chi connectivity index (χ3n) is 13.3. The molecule has 0 saturated heterocycles. The van der Waals surface area contributed by atoms with Crippen molar-refractivity contribution in [2.24, 2.45) is 23.7 Å². The van der Waals surface area contributed by atoms with Crippen molar-refractivity contribution in [2.45, 2.75) is 37.5 Å². The van der Waals surface area contributed by atoms with E-state index in [0.717, 1.165) is 39.7 Å². The summed E-state index contributed by atoms with van der Waals surface area (Å²) in [6.45, 7) is 0. The molecule has 5 aliphatic rings. The molecule has 4 saturated carbocycles. The highest BCUT2D eigenvalue weighted by atomic mass is 16.3. The Balaban J connectivity index is 1.06. The summed E-state index contributed by atoms with van der Waals surface area (Å²) in [6.07, 6.45) is 6.64. The van der Waals surface area contributed by atoms with Crippen LogP contribution < -0.4 is 0 Å². The molecule has 53 heavy (non-hydrogen) atoms. The first kappa shape index (κ1) is 29.7. The van der Waals surface area contributed by atoms with E-state index >= 15 is 0 Å². The fraction of sp³-hybridized carbons (Fsp3) is 0.204. The van der Waals surface area contributed by atoms with Crippen LogP contribution in [0.15, 0.2) is 144 Å². The Hall–Kier alpha value is -5.87. The molecule has 4 heteroatoms. The number of hydrogen-bond acceptors (Lipinski definition) is 4. The molecule has 0 atom stereocenters. The summed E-state index contributed by atoms with van der Waals surface area (Å²) < 4.78 is 6.91. The van der Waals surface area contributed by atoms with Crippen molar-refractivity contribution in [2.75, 3.05) is 0 Å². The zero-order chi connectivity index (χ0) is 34.7. The molecule has 6 aromatic carbocycles. The predicted octanol–water partition coefficient (Wildman–Crippen LogP) is 12.2. The van der Waals surface area contributed by atoms with Gasteiger partial charge in [0.05, 0.1) is 0 Å². The van der Waals surface area contributed by atoms with Crippen LogP contribution in [-0.2, 0) is 5.41 Å². The molecule has 0 amide bonds. The molecule has 13 rings (SSSR count). The molecule has 2 heterocycles. The third kappa shape index (κ3) is 4.27. The number of nitrogens with zero attached hydrogens (tertiary/aromatic N) is 3. The Labute approximate surface area is 308 Å². The maximum absolute atomic E-state index is 6.91. The largest absolute Gasteiger partial charge is 0.456 e. The molecule has 0 radical (unpaired) electrons. The number of benzene rings is 6. The zero-order valence-corrected chi connectivity index (χ0v) is 29.4. The van der Waals surface area contributed by atoms with Gasteiger partial charge in [-0.15, -0.1) is 0 Å². The summed E-state index contributed by atoms with van der Waals surface area (Å²) in [7, 11) is 0. The molecule has 4 bridgehead atoms. The van der Waals surface area contributed by atoms with Crippen molar-refractivity contribution >= 4 is 21.9 Å². The predicted molar refractivity (Wildman–Crippen MR) is 212 cm³/mol. The fourth-order valence-electron chi connectivity index (χ4n) is 11.4. The van der Waals surface area contributed by atoms with E-state index in [1.54, 1.807) is 0 Å². The maximum atomic E-state index is 6.91. The second kappa shape index (κ2) is 11.1. The molecular weight excluding hydrogens is 647 g/mol. The summed E-state index contributed by atoms with van der Waals surface area (Å²) in [5.74, 6) is 4.99. The lowest BCUT2D eigenvalue weighted by Crippen LogP contribution is -2.55. The summed E-state index contributed by atoms with van der Waals surface area (Å²) in [6, 6.07) is 49.8. The molecule has 0 unspecified atom stereocenters. The standard InChI is InChI=1S/C49H37N3O/c1-3-9-31(10-4-1)32-15-17-34(18-16-32)47-50-46(33-11-5-2-6-12-33)51-48(52-47)35-19-20-38-40-21-22-41-39-13-7-8-14-43(39)53-45(41)44(40)49(42(38)28-35)36-24-29-23-30(26-36)27-37(49)25-29/h1-22,28-30,36-37H,23-27H2. The maximum Gasteiger partial charge on any atom is 0.164 e. The van der Waals surface area contributed by atoms with Crippen molar-refractivity contribution in [1.29, 1.82) is 0 Å². The van der Waals surface area contributed by atoms with Crippen LogP contribution in [0.2, 0.25) is 0 Å². The van der Waals surface area contributed by atoms with Crippen molar-refractivity contribution in [1.82, 2.24) is 15.0 Å². The Morgan fingerprint density at radius 1 is 0.453 bits per heavy atom. The van der Waals surface area contributed by atoms with Crippen molar-refractivity contribution in [3.63, 3.8) is 0 Å². The Kier molecular flexibility index (Phi) is 6.20. The molecule has 1 spiro atoms. The van der Waals surface area contributed by atoms with Gasteiger partial charge in [-0.3, -0.25) is 0 Å². The van der Waals surface area contributed by atoms with Crippen LogP contribution in [0.3, 0.4) is 0 Å². The number of hydrogen-bond donors (Lipinski definition) is 0. The van der Waals surface area contributed by atoms with Crippen LogP contribution in [0.5, 0.6) is 0 Å². The zero-order valence-electron chi connectivity index (χ0n) is 29.4. The number of para-hydroxylation sites is 1. The molecule has 2 aromatic heterocycles. The van der Waals surface area contributed by atoms with Crippen molar-refractivity contribution < 1.29 is 4.42 Å². The average Bonchev–Trinajstić information content (AvgIpc) is 3.74. The van der Waals surface area contributed by atoms with Crippen LogP contribution >= 0.6 is 0 Å². The second-order valence-electron chi connectivity index (χ2n) is 16.0. The lowest BCUT2D eigenvalue weighted by molar-refractivity contribution is -0.0396. The second-order valence-corrected chi connectivity index (χ2v) is 16.0. The highest BCUT2D eigenvalue weighted by Crippen LogP contribution is 2.70. The third-order valence-corrected chi connectivity index (χ3v) is 13.3. The van der Waals surface area contributed by atoms with Gasteiger partial charge in [0, 0.05) is 38.4 Å². The van der Waals surface area contributed by atoms with Crippen molar-refractivity contribution in [3.8, 4) is 56.4 Å². The average molecular weight is 684 g/mol. The number of rotatable bonds is 4. The highest BCUT2D eigenvalue weighted by molar-refractivity contribution is 6.09. The van der Waals surface area contributed by atoms with Crippen molar-refractivity contribution in [3.05, 3.63) is 151 Å². The van der Waals surface area contributed by atoms with Gasteiger partial charge in [-0.25, -0.2) is 15.0 Å². The van der Waals surface area contributed by atoms with Gasteiger partial charge in [0.25, 0.3) is 0 Å². The van der Waals surface area contributed by atoms with E-state index in [1.165, 1.54) is 76.3 Å². The Morgan fingerprint density at radius 3 is 1.68 bits per heavy atom. The number of fused-ring (bicyclic) bond motifs is 7. The van der Waals surface area contributed by atoms with E-state index in [9.17, 15) is 0 Å². The minimum atomic E-state index is -0.0765. The van der Waals surface area contributed by atoms with Crippen LogP contribution in [0, 0.1) is 23.7 Å². The topological polar surface area (TPSA) is 51.8 Å². The highest BCUT2D eigenvalue weighted by Gasteiger charge is 2.62. The summed E-state index contributed by atoms with van der Waals surface area (Å²) in [5, 5.41) is 2.46. The van der Waals surface area contributed by atoms with E-state index in [4.69, 9.17) is 19.4 Å². The van der Waals surface area contributed by atoms with Crippen LogP contribution in [-0.4, -0.2) is 15.0 Å². The quantitative estimate of drug-likeness (QED) is 0.185. The van der Waals surface area contributed by atoms with Gasteiger partial charge in [-0.2, -0.15) is 0 Å². The Bertz CT molecular complexity index is 2700. The van der Waals surface area contributed by atoms with Gasteiger partial charge in [0.15, 0.2) is 17.5 Å². The van der Waals surface area contributed by atoms with E-state index in [0.29, 0.717) is 29.3 Å². The molecule has 0 aliphatic heterocycles. The SMILES string of the molecule is c1ccc(-c2ccc(-c3nc(-c4ccccc4)nc(-c4ccc5c(c4)C4(c6c-5ccc5c6oc6ccccc65)C5CC6CC(C5)CC4C6)n3)cc2)cc1. The summed E-state index contributed by atoms with van der Waals surface area (Å²) in [4.78, 5) is 15.5. The van der Waals surface area contributed by atoms with Gasteiger partial charge >= 0.3 is 0 Å². The summed E-state index contributed by atoms with van der Waals surface area (Å²) in [5.41, 5.74) is 13.0.